The Morgan fingerprint density at radius 3 is 2.04 bits per heavy atom. The Bertz CT molecular complexity index is 1060. The van der Waals surface area contributed by atoms with Crippen molar-refractivity contribution in [1.29, 1.82) is 0 Å². The van der Waals surface area contributed by atoms with E-state index in [1.807, 2.05) is 60.7 Å². The number of carbonyl (C=O) groups is 1. The first-order chi connectivity index (χ1) is 13.2. The summed E-state index contributed by atoms with van der Waals surface area (Å²) in [6.07, 6.45) is 0. The number of amides is 1. The van der Waals surface area contributed by atoms with Crippen molar-refractivity contribution in [3.05, 3.63) is 95.6 Å². The number of hydrogen-bond donors (Lipinski definition) is 1. The molecule has 1 N–H and O–H groups in total. The molecule has 27 heavy (non-hydrogen) atoms. The number of carbonyl (C=O) groups excluding carboxylic acids is 1. The Labute approximate surface area is 160 Å². The highest BCUT2D eigenvalue weighted by Gasteiger charge is 2.20. The Hall–Kier alpha value is -3.31. The molecule has 0 spiro atoms. The summed E-state index contributed by atoms with van der Waals surface area (Å²) in [5.41, 5.74) is 3.01. The molecule has 0 aliphatic heterocycles. The number of aromatic nitrogens is 1. The number of benzene rings is 3. The number of anilines is 1. The highest BCUT2D eigenvalue weighted by Crippen LogP contribution is 2.34. The Morgan fingerprint density at radius 2 is 1.41 bits per heavy atom. The zero-order chi connectivity index (χ0) is 18.6. The van der Waals surface area contributed by atoms with Crippen LogP contribution in [0.15, 0.2) is 84.9 Å². The molecule has 0 saturated carbocycles. The first-order valence-electron chi connectivity index (χ1n) is 8.39. The zero-order valence-electron chi connectivity index (χ0n) is 14.2. The van der Waals surface area contributed by atoms with Crippen LogP contribution < -0.4 is 5.32 Å². The van der Waals surface area contributed by atoms with Crippen molar-refractivity contribution >= 4 is 22.9 Å². The molecule has 0 atom stereocenters. The fourth-order valence-corrected chi connectivity index (χ4v) is 3.68. The lowest BCUT2D eigenvalue weighted by atomic mass is 10.1. The molecule has 0 unspecified atom stereocenters. The smallest absolute Gasteiger partial charge is 0.268 e. The molecular formula is C22H15FN2OS. The number of hydrogen-bond acceptors (Lipinski definition) is 3. The van der Waals surface area contributed by atoms with Crippen molar-refractivity contribution in [2.75, 3.05) is 5.32 Å². The van der Waals surface area contributed by atoms with Crippen LogP contribution in [0.4, 0.5) is 10.1 Å². The van der Waals surface area contributed by atoms with Crippen LogP contribution in [0.25, 0.3) is 21.8 Å². The second kappa shape index (κ2) is 7.51. The van der Waals surface area contributed by atoms with Crippen LogP contribution in [0.2, 0.25) is 0 Å². The molecule has 5 heteroatoms. The van der Waals surface area contributed by atoms with Gasteiger partial charge in [0.05, 0.1) is 5.69 Å². The van der Waals surface area contributed by atoms with Crippen LogP contribution >= 0.6 is 11.3 Å². The summed E-state index contributed by atoms with van der Waals surface area (Å²) in [6, 6.07) is 25.1. The third-order valence-electron chi connectivity index (χ3n) is 4.00. The Balaban J connectivity index is 1.74. The van der Waals surface area contributed by atoms with E-state index in [-0.39, 0.29) is 11.7 Å². The molecule has 0 bridgehead atoms. The standard InChI is InChI=1S/C22H15FN2OS/c23-17-11-13-18(14-12-17)24-21(26)20-19(15-7-3-1-4-8-15)25-22(27-20)16-9-5-2-6-10-16/h1-14H,(H,24,26). The minimum atomic E-state index is -0.345. The highest BCUT2D eigenvalue weighted by molar-refractivity contribution is 7.17. The second-order valence-electron chi connectivity index (χ2n) is 5.89. The van der Waals surface area contributed by atoms with E-state index in [2.05, 4.69) is 5.32 Å². The summed E-state index contributed by atoms with van der Waals surface area (Å²) < 4.78 is 13.1. The molecule has 0 aliphatic rings. The third-order valence-corrected chi connectivity index (χ3v) is 5.11. The molecule has 0 radical (unpaired) electrons. The largest absolute Gasteiger partial charge is 0.321 e. The average molecular weight is 374 g/mol. The van der Waals surface area contributed by atoms with Crippen LogP contribution in [0, 0.1) is 5.82 Å². The lowest BCUT2D eigenvalue weighted by Crippen LogP contribution is -2.11. The first kappa shape index (κ1) is 17.1. The maximum Gasteiger partial charge on any atom is 0.268 e. The summed E-state index contributed by atoms with van der Waals surface area (Å²) >= 11 is 1.34. The minimum Gasteiger partial charge on any atom is -0.321 e. The number of halogens is 1. The van der Waals surface area contributed by atoms with E-state index < -0.39 is 0 Å². The first-order valence-corrected chi connectivity index (χ1v) is 9.21. The maximum absolute atomic E-state index is 13.1. The topological polar surface area (TPSA) is 42.0 Å². The van der Waals surface area contributed by atoms with Gasteiger partial charge in [-0.1, -0.05) is 60.7 Å². The number of nitrogens with one attached hydrogen (secondary N) is 1. The molecule has 1 aromatic heterocycles. The van der Waals surface area contributed by atoms with Crippen molar-refractivity contribution in [3.63, 3.8) is 0 Å². The molecule has 3 nitrogen and oxygen atoms in total. The maximum atomic E-state index is 13.1. The van der Waals surface area contributed by atoms with Gasteiger partial charge in [0.15, 0.2) is 0 Å². The highest BCUT2D eigenvalue weighted by atomic mass is 32.1. The monoisotopic (exact) mass is 374 g/mol. The van der Waals surface area contributed by atoms with E-state index in [1.165, 1.54) is 35.6 Å². The zero-order valence-corrected chi connectivity index (χ0v) is 15.0. The number of thiazole rings is 1. The number of rotatable bonds is 4. The summed E-state index contributed by atoms with van der Waals surface area (Å²) in [5.74, 6) is -0.609. The van der Waals surface area contributed by atoms with Gasteiger partial charge in [0, 0.05) is 16.8 Å². The molecule has 1 heterocycles. The van der Waals surface area contributed by atoms with Crippen LogP contribution in [-0.4, -0.2) is 10.9 Å². The van der Waals surface area contributed by atoms with Gasteiger partial charge < -0.3 is 5.32 Å². The van der Waals surface area contributed by atoms with Gasteiger partial charge in [-0.25, -0.2) is 9.37 Å². The molecule has 0 fully saturated rings. The molecule has 4 aromatic rings. The van der Waals surface area contributed by atoms with Crippen LogP contribution in [-0.2, 0) is 0 Å². The fraction of sp³-hybridized carbons (Fsp3) is 0. The average Bonchev–Trinajstić information content (AvgIpc) is 3.17. The van der Waals surface area contributed by atoms with Gasteiger partial charge in [-0.05, 0) is 24.3 Å². The van der Waals surface area contributed by atoms with E-state index in [0.29, 0.717) is 16.3 Å². The summed E-state index contributed by atoms with van der Waals surface area (Å²) in [6.45, 7) is 0. The van der Waals surface area contributed by atoms with Gasteiger partial charge in [0.25, 0.3) is 5.91 Å². The normalized spacial score (nSPS) is 10.6. The van der Waals surface area contributed by atoms with Crippen molar-refractivity contribution in [1.82, 2.24) is 4.98 Å². The van der Waals surface area contributed by atoms with E-state index in [4.69, 9.17) is 4.98 Å². The van der Waals surface area contributed by atoms with Gasteiger partial charge in [0.1, 0.15) is 15.7 Å². The molecule has 132 valence electrons. The molecule has 1 amide bonds. The van der Waals surface area contributed by atoms with E-state index in [9.17, 15) is 9.18 Å². The Morgan fingerprint density at radius 1 is 0.815 bits per heavy atom. The van der Waals surface area contributed by atoms with Gasteiger partial charge >= 0.3 is 0 Å². The Kier molecular flexibility index (Phi) is 4.77. The van der Waals surface area contributed by atoms with Gasteiger partial charge in [0.2, 0.25) is 0 Å². The number of nitrogens with zero attached hydrogens (tertiary/aromatic N) is 1. The predicted molar refractivity (Wildman–Crippen MR) is 107 cm³/mol. The van der Waals surface area contributed by atoms with E-state index >= 15 is 0 Å². The molecular weight excluding hydrogens is 359 g/mol. The predicted octanol–water partition coefficient (Wildman–Crippen LogP) is 5.87. The third kappa shape index (κ3) is 3.78. The molecule has 0 saturated heterocycles. The van der Waals surface area contributed by atoms with Crippen molar-refractivity contribution < 1.29 is 9.18 Å². The van der Waals surface area contributed by atoms with Crippen molar-refractivity contribution in [2.45, 2.75) is 0 Å². The summed E-state index contributed by atoms with van der Waals surface area (Å²) in [4.78, 5) is 18.1. The molecule has 3 aromatic carbocycles. The van der Waals surface area contributed by atoms with Gasteiger partial charge in [-0.3, -0.25) is 4.79 Å². The summed E-state index contributed by atoms with van der Waals surface area (Å²) in [5, 5.41) is 3.60. The van der Waals surface area contributed by atoms with Crippen LogP contribution in [0.3, 0.4) is 0 Å². The van der Waals surface area contributed by atoms with Gasteiger partial charge in [-0.2, -0.15) is 0 Å². The van der Waals surface area contributed by atoms with Gasteiger partial charge in [-0.15, -0.1) is 11.3 Å². The van der Waals surface area contributed by atoms with Crippen LogP contribution in [0.5, 0.6) is 0 Å². The van der Waals surface area contributed by atoms with Crippen LogP contribution in [0.1, 0.15) is 9.67 Å². The minimum absolute atomic E-state index is 0.264. The SMILES string of the molecule is O=C(Nc1ccc(F)cc1)c1sc(-c2ccccc2)nc1-c1ccccc1. The van der Waals surface area contributed by atoms with Crippen molar-refractivity contribution in [2.24, 2.45) is 0 Å². The van der Waals surface area contributed by atoms with E-state index in [1.54, 1.807) is 0 Å². The lowest BCUT2D eigenvalue weighted by molar-refractivity contribution is 0.103. The second-order valence-corrected chi connectivity index (χ2v) is 6.89. The van der Waals surface area contributed by atoms with E-state index in [0.717, 1.165) is 16.1 Å². The lowest BCUT2D eigenvalue weighted by Gasteiger charge is -2.05. The van der Waals surface area contributed by atoms with Crippen molar-refractivity contribution in [3.8, 4) is 21.8 Å². The fourth-order valence-electron chi connectivity index (χ4n) is 2.69. The summed E-state index contributed by atoms with van der Waals surface area (Å²) in [7, 11) is 0. The molecule has 0 aliphatic carbocycles. The molecule has 4 rings (SSSR count). The quantitative estimate of drug-likeness (QED) is 0.485.